The van der Waals surface area contributed by atoms with Gasteiger partial charge in [-0.2, -0.15) is 13.2 Å². The number of alkyl halides is 3. The smallest absolute Gasteiger partial charge is 0.446 e. The molecule has 2 heterocycles. The summed E-state index contributed by atoms with van der Waals surface area (Å²) in [6.07, 6.45) is 1.54. The van der Waals surface area contributed by atoms with Gasteiger partial charge in [0.2, 0.25) is 11.8 Å². The van der Waals surface area contributed by atoms with E-state index in [4.69, 9.17) is 4.74 Å². The van der Waals surface area contributed by atoms with Crippen molar-refractivity contribution in [3.63, 3.8) is 0 Å². The molecule has 0 bridgehead atoms. The van der Waals surface area contributed by atoms with Crippen molar-refractivity contribution in [3.8, 4) is 17.4 Å². The topological polar surface area (TPSA) is 69.3 Å². The molecule has 28 heavy (non-hydrogen) atoms. The number of hydrogen-bond acceptors (Lipinski definition) is 5. The zero-order chi connectivity index (χ0) is 20.5. The molecule has 0 unspecified atom stereocenters. The zero-order valence-electron chi connectivity index (χ0n) is 14.9. The third kappa shape index (κ3) is 4.16. The molecule has 0 fully saturated rings. The Labute approximate surface area is 162 Å². The average molecular weight is 411 g/mol. The van der Waals surface area contributed by atoms with Crippen LogP contribution in [0.2, 0.25) is 0 Å². The van der Waals surface area contributed by atoms with Crippen LogP contribution in [-0.2, 0) is 6.54 Å². The van der Waals surface area contributed by atoms with Crippen LogP contribution < -0.4 is 10.4 Å². The van der Waals surface area contributed by atoms with Gasteiger partial charge in [0.05, 0.1) is 25.0 Å². The second-order valence-corrected chi connectivity index (χ2v) is 7.00. The molecule has 1 aromatic carbocycles. The normalized spacial score (nSPS) is 11.6. The van der Waals surface area contributed by atoms with Crippen LogP contribution in [-0.4, -0.2) is 31.8 Å². The summed E-state index contributed by atoms with van der Waals surface area (Å²) < 4.78 is 44.9. The first kappa shape index (κ1) is 19.9. The molecule has 0 amide bonds. The molecule has 3 rings (SSSR count). The second kappa shape index (κ2) is 7.63. The largest absolute Gasteiger partial charge is 0.493 e. The predicted molar refractivity (Wildman–Crippen MR) is 98.2 cm³/mol. The molecule has 0 saturated carbocycles. The van der Waals surface area contributed by atoms with E-state index in [1.165, 1.54) is 35.9 Å². The second-order valence-electron chi connectivity index (χ2n) is 5.86. The standard InChI is InChI=1S/C18H16F3N3O3S/c1-11-16(25)24(13-3-5-14(6-4-13)28-18(19,20)21)17(26)23(11)10-12-7-8-22-15(9-12)27-2/h3-9,25H,10H2,1-2H3. The summed E-state index contributed by atoms with van der Waals surface area (Å²) in [6, 6.07) is 8.60. The molecule has 3 aromatic rings. The molecule has 10 heteroatoms. The van der Waals surface area contributed by atoms with Gasteiger partial charge in [-0.25, -0.2) is 14.3 Å². The molecule has 0 aliphatic rings. The van der Waals surface area contributed by atoms with Gasteiger partial charge in [0.25, 0.3) is 0 Å². The highest BCUT2D eigenvalue weighted by Crippen LogP contribution is 2.37. The van der Waals surface area contributed by atoms with Crippen molar-refractivity contribution in [2.24, 2.45) is 0 Å². The van der Waals surface area contributed by atoms with Crippen LogP contribution in [0.25, 0.3) is 5.69 Å². The van der Waals surface area contributed by atoms with Gasteiger partial charge in [-0.1, -0.05) is 0 Å². The lowest BCUT2D eigenvalue weighted by molar-refractivity contribution is -0.0328. The van der Waals surface area contributed by atoms with Crippen molar-refractivity contribution in [1.82, 2.24) is 14.1 Å². The minimum atomic E-state index is -4.40. The number of pyridine rings is 1. The number of ether oxygens (including phenoxy) is 1. The van der Waals surface area contributed by atoms with Crippen LogP contribution in [0.4, 0.5) is 13.2 Å². The molecular weight excluding hydrogens is 395 g/mol. The number of aromatic hydroxyl groups is 1. The molecule has 0 saturated heterocycles. The van der Waals surface area contributed by atoms with E-state index in [9.17, 15) is 23.1 Å². The van der Waals surface area contributed by atoms with Crippen molar-refractivity contribution >= 4 is 11.8 Å². The Bertz CT molecular complexity index is 1040. The van der Waals surface area contributed by atoms with E-state index in [0.29, 0.717) is 11.6 Å². The van der Waals surface area contributed by atoms with Gasteiger partial charge in [-0.15, -0.1) is 0 Å². The van der Waals surface area contributed by atoms with E-state index in [1.54, 1.807) is 25.3 Å². The van der Waals surface area contributed by atoms with Crippen molar-refractivity contribution < 1.29 is 23.0 Å². The first-order valence-electron chi connectivity index (χ1n) is 8.06. The molecule has 0 aliphatic heterocycles. The number of imidazole rings is 1. The maximum Gasteiger partial charge on any atom is 0.446 e. The Morgan fingerprint density at radius 3 is 2.50 bits per heavy atom. The third-order valence-corrected chi connectivity index (χ3v) is 4.78. The Kier molecular flexibility index (Phi) is 5.41. The minimum Gasteiger partial charge on any atom is -0.493 e. The van der Waals surface area contributed by atoms with E-state index < -0.39 is 11.2 Å². The van der Waals surface area contributed by atoms with Gasteiger partial charge in [-0.05, 0) is 54.6 Å². The molecule has 2 aromatic heterocycles. The zero-order valence-corrected chi connectivity index (χ0v) is 15.7. The molecule has 6 nitrogen and oxygen atoms in total. The molecule has 0 radical (unpaired) electrons. The Morgan fingerprint density at radius 1 is 1.21 bits per heavy atom. The van der Waals surface area contributed by atoms with Gasteiger partial charge < -0.3 is 9.84 Å². The summed E-state index contributed by atoms with van der Waals surface area (Å²) in [5.41, 5.74) is -3.57. The van der Waals surface area contributed by atoms with Crippen molar-refractivity contribution in [1.29, 1.82) is 0 Å². The van der Waals surface area contributed by atoms with E-state index in [-0.39, 0.29) is 34.8 Å². The highest BCUT2D eigenvalue weighted by atomic mass is 32.2. The van der Waals surface area contributed by atoms with Gasteiger partial charge >= 0.3 is 11.2 Å². The highest BCUT2D eigenvalue weighted by molar-refractivity contribution is 8.00. The summed E-state index contributed by atoms with van der Waals surface area (Å²) in [5.74, 6) is 0.117. The van der Waals surface area contributed by atoms with Crippen molar-refractivity contribution in [2.45, 2.75) is 23.9 Å². The van der Waals surface area contributed by atoms with E-state index >= 15 is 0 Å². The summed E-state index contributed by atoms with van der Waals surface area (Å²) in [5, 5.41) is 10.4. The summed E-state index contributed by atoms with van der Waals surface area (Å²) in [6.45, 7) is 1.76. The number of benzene rings is 1. The Hall–Kier alpha value is -2.88. The first-order chi connectivity index (χ1) is 13.2. The lowest BCUT2D eigenvalue weighted by Gasteiger charge is -2.07. The van der Waals surface area contributed by atoms with Crippen LogP contribution in [0.5, 0.6) is 11.8 Å². The predicted octanol–water partition coefficient (Wildman–Crippen LogP) is 3.72. The maximum absolute atomic E-state index is 12.8. The lowest BCUT2D eigenvalue weighted by Crippen LogP contribution is -2.24. The number of nitrogens with zero attached hydrogens (tertiary/aromatic N) is 3. The van der Waals surface area contributed by atoms with Crippen LogP contribution in [0.1, 0.15) is 11.3 Å². The fourth-order valence-electron chi connectivity index (χ4n) is 2.70. The number of halogens is 3. The number of rotatable bonds is 5. The number of hydrogen-bond donors (Lipinski definition) is 1. The molecule has 148 valence electrons. The first-order valence-corrected chi connectivity index (χ1v) is 8.87. The molecule has 0 atom stereocenters. The van der Waals surface area contributed by atoms with Gasteiger partial charge in [0.15, 0.2) is 0 Å². The number of methoxy groups -OCH3 is 1. The van der Waals surface area contributed by atoms with E-state index in [1.807, 2.05) is 0 Å². The average Bonchev–Trinajstić information content (AvgIpc) is 2.85. The van der Waals surface area contributed by atoms with E-state index in [0.717, 1.165) is 10.1 Å². The number of thioether (sulfide) groups is 1. The molecule has 0 aliphatic carbocycles. The fourth-order valence-corrected chi connectivity index (χ4v) is 3.24. The van der Waals surface area contributed by atoms with Crippen molar-refractivity contribution in [2.75, 3.05) is 7.11 Å². The van der Waals surface area contributed by atoms with Crippen molar-refractivity contribution in [3.05, 3.63) is 64.3 Å². The summed E-state index contributed by atoms with van der Waals surface area (Å²) in [4.78, 5) is 16.8. The van der Waals surface area contributed by atoms with Gasteiger partial charge in [-0.3, -0.25) is 4.57 Å². The molecule has 0 spiro atoms. The summed E-state index contributed by atoms with van der Waals surface area (Å²) in [7, 11) is 1.48. The minimum absolute atomic E-state index is 0.0103. The SMILES string of the molecule is COc1cc(Cn2c(C)c(O)n(-c3ccc(SC(F)(F)F)cc3)c2=O)ccn1. The monoisotopic (exact) mass is 411 g/mol. The Balaban J connectivity index is 1.95. The molecule has 1 N–H and O–H groups in total. The van der Waals surface area contributed by atoms with Crippen LogP contribution >= 0.6 is 11.8 Å². The quantitative estimate of drug-likeness (QED) is 0.648. The highest BCUT2D eigenvalue weighted by Gasteiger charge is 2.29. The third-order valence-electron chi connectivity index (χ3n) is 4.04. The molecular formula is C18H16F3N3O3S. The van der Waals surface area contributed by atoms with E-state index in [2.05, 4.69) is 4.98 Å². The van der Waals surface area contributed by atoms with Crippen LogP contribution in [0.3, 0.4) is 0 Å². The van der Waals surface area contributed by atoms with Crippen LogP contribution in [0.15, 0.2) is 52.3 Å². The van der Waals surface area contributed by atoms with Gasteiger partial charge in [0, 0.05) is 17.2 Å². The summed E-state index contributed by atoms with van der Waals surface area (Å²) >= 11 is -0.246. The lowest BCUT2D eigenvalue weighted by atomic mass is 10.2. The fraction of sp³-hybridized carbons (Fsp3) is 0.222. The Morgan fingerprint density at radius 2 is 1.89 bits per heavy atom. The van der Waals surface area contributed by atoms with Gasteiger partial charge in [0.1, 0.15) is 0 Å². The maximum atomic E-state index is 12.8. The van der Waals surface area contributed by atoms with Crippen LogP contribution in [0, 0.1) is 6.92 Å². The number of aromatic nitrogens is 3.